The van der Waals surface area contributed by atoms with E-state index in [1.54, 1.807) is 0 Å². The van der Waals surface area contributed by atoms with Crippen LogP contribution in [0, 0.1) is 11.3 Å². The van der Waals surface area contributed by atoms with Crippen molar-refractivity contribution in [2.24, 2.45) is 11.3 Å². The quantitative estimate of drug-likeness (QED) is 0.580. The second-order valence-corrected chi connectivity index (χ2v) is 5.31. The fourth-order valence-corrected chi connectivity index (χ4v) is 3.03. The Kier molecular flexibility index (Phi) is 1.59. The van der Waals surface area contributed by atoms with E-state index in [4.69, 9.17) is 0 Å². The normalized spacial score (nSPS) is 39.6. The Bertz CT molecular complexity index is 301. The van der Waals surface area contributed by atoms with Crippen LogP contribution in [0.25, 0.3) is 0 Å². The van der Waals surface area contributed by atoms with Gasteiger partial charge in [-0.25, -0.2) is 0 Å². The van der Waals surface area contributed by atoms with E-state index < -0.39 is 0 Å². The summed E-state index contributed by atoms with van der Waals surface area (Å²) in [6.45, 7) is 3.97. The molecule has 0 unspecified atom stereocenters. The summed E-state index contributed by atoms with van der Waals surface area (Å²) in [5.74, 6) is 1.35. The number of nitrogens with zero attached hydrogens (tertiary/aromatic N) is 1. The van der Waals surface area contributed by atoms with Crippen molar-refractivity contribution in [3.05, 3.63) is 11.6 Å². The van der Waals surface area contributed by atoms with Gasteiger partial charge in [0.1, 0.15) is 0 Å². The lowest BCUT2D eigenvalue weighted by atomic mass is 9.44. The molecular formula is C12H17NO. The molecular weight excluding hydrogens is 174 g/mol. The van der Waals surface area contributed by atoms with Gasteiger partial charge in [0.2, 0.25) is 5.91 Å². The molecule has 1 aliphatic heterocycles. The summed E-state index contributed by atoms with van der Waals surface area (Å²) >= 11 is 0. The lowest BCUT2D eigenvalue weighted by molar-refractivity contribution is -0.176. The Morgan fingerprint density at radius 3 is 2.64 bits per heavy atom. The number of hydrogen-bond donors (Lipinski definition) is 0. The van der Waals surface area contributed by atoms with E-state index in [1.165, 1.54) is 24.8 Å². The first-order valence-corrected chi connectivity index (χ1v) is 5.65. The smallest absolute Gasteiger partial charge is 0.229 e. The van der Waals surface area contributed by atoms with Crippen LogP contribution in [0.5, 0.6) is 0 Å². The molecule has 0 spiro atoms. The van der Waals surface area contributed by atoms with Crippen molar-refractivity contribution in [3.8, 4) is 0 Å². The largest absolute Gasteiger partial charge is 0.338 e. The third-order valence-corrected chi connectivity index (χ3v) is 4.22. The molecule has 0 aromatic carbocycles. The molecule has 1 heterocycles. The Labute approximate surface area is 85.0 Å². The van der Waals surface area contributed by atoms with Crippen LogP contribution in [-0.2, 0) is 4.79 Å². The molecule has 0 N–H and O–H groups in total. The average Bonchev–Trinajstić information content (AvgIpc) is 1.99. The molecule has 76 valence electrons. The van der Waals surface area contributed by atoms with Gasteiger partial charge in [-0.3, -0.25) is 4.79 Å². The molecule has 1 amide bonds. The summed E-state index contributed by atoms with van der Waals surface area (Å²) in [5.41, 5.74) is 1.57. The minimum Gasteiger partial charge on any atom is -0.338 e. The van der Waals surface area contributed by atoms with Crippen LogP contribution >= 0.6 is 0 Å². The molecule has 0 radical (unpaired) electrons. The zero-order valence-electron chi connectivity index (χ0n) is 8.75. The summed E-state index contributed by atoms with van der Waals surface area (Å²) in [6, 6.07) is 0. The van der Waals surface area contributed by atoms with E-state index in [1.807, 2.05) is 0 Å². The second-order valence-electron chi connectivity index (χ2n) is 5.31. The number of amides is 1. The molecule has 0 aromatic rings. The van der Waals surface area contributed by atoms with Crippen LogP contribution in [0.4, 0.5) is 0 Å². The molecule has 2 nitrogen and oxygen atoms in total. The maximum Gasteiger partial charge on any atom is 0.229 e. The van der Waals surface area contributed by atoms with E-state index >= 15 is 0 Å². The first-order valence-electron chi connectivity index (χ1n) is 5.65. The topological polar surface area (TPSA) is 20.3 Å². The van der Waals surface area contributed by atoms with Crippen molar-refractivity contribution in [1.82, 2.24) is 4.90 Å². The highest BCUT2D eigenvalue weighted by Crippen LogP contribution is 2.65. The van der Waals surface area contributed by atoms with Gasteiger partial charge >= 0.3 is 0 Å². The molecule has 3 aliphatic carbocycles. The molecule has 4 aliphatic rings. The van der Waals surface area contributed by atoms with E-state index in [0.29, 0.717) is 5.91 Å². The van der Waals surface area contributed by atoms with Crippen LogP contribution in [0.1, 0.15) is 32.6 Å². The van der Waals surface area contributed by atoms with Crippen LogP contribution in [0.15, 0.2) is 11.6 Å². The molecule has 4 rings (SSSR count). The van der Waals surface area contributed by atoms with Crippen molar-refractivity contribution in [2.45, 2.75) is 32.6 Å². The summed E-state index contributed by atoms with van der Waals surface area (Å²) < 4.78 is 0. The van der Waals surface area contributed by atoms with Gasteiger partial charge in [0.15, 0.2) is 0 Å². The number of carbonyl (C=O) groups is 1. The predicted octanol–water partition coefficient (Wildman–Crippen LogP) is 1.97. The summed E-state index contributed by atoms with van der Waals surface area (Å²) in [5, 5.41) is 0. The lowest BCUT2D eigenvalue weighted by Crippen LogP contribution is -2.61. The molecule has 0 saturated heterocycles. The third-order valence-electron chi connectivity index (χ3n) is 4.22. The molecule has 0 atom stereocenters. The maximum absolute atomic E-state index is 12.1. The highest BCUT2D eigenvalue weighted by molar-refractivity contribution is 5.86. The summed E-state index contributed by atoms with van der Waals surface area (Å²) in [4.78, 5) is 14.2. The van der Waals surface area contributed by atoms with Crippen molar-refractivity contribution in [3.63, 3.8) is 0 Å². The van der Waals surface area contributed by atoms with Crippen molar-refractivity contribution >= 4 is 5.91 Å². The molecule has 3 saturated carbocycles. The van der Waals surface area contributed by atoms with Gasteiger partial charge in [0, 0.05) is 13.1 Å². The monoisotopic (exact) mass is 191 g/mol. The van der Waals surface area contributed by atoms with Crippen LogP contribution in [-0.4, -0.2) is 23.9 Å². The lowest BCUT2D eigenvalue weighted by Gasteiger charge is -2.61. The van der Waals surface area contributed by atoms with Crippen molar-refractivity contribution in [1.29, 1.82) is 0 Å². The fraction of sp³-hybridized carbons (Fsp3) is 0.750. The minimum absolute atomic E-state index is 0.129. The number of carbonyl (C=O) groups excluding carboxylic acids is 1. The van der Waals surface area contributed by atoms with Crippen molar-refractivity contribution < 1.29 is 4.79 Å². The molecule has 2 heteroatoms. The minimum atomic E-state index is 0.129. The third kappa shape index (κ3) is 0.999. The zero-order chi connectivity index (χ0) is 9.76. The Balaban J connectivity index is 1.68. The van der Waals surface area contributed by atoms with Gasteiger partial charge < -0.3 is 4.90 Å². The maximum atomic E-state index is 12.1. The van der Waals surface area contributed by atoms with Gasteiger partial charge in [-0.05, 0) is 38.5 Å². The number of rotatable bonds is 1. The number of hydrogen-bond acceptors (Lipinski definition) is 1. The molecule has 3 fully saturated rings. The summed E-state index contributed by atoms with van der Waals surface area (Å²) in [6.07, 6.45) is 6.83. The van der Waals surface area contributed by atoms with Crippen LogP contribution in [0.2, 0.25) is 0 Å². The van der Waals surface area contributed by atoms with E-state index in [-0.39, 0.29) is 5.41 Å². The van der Waals surface area contributed by atoms with Gasteiger partial charge in [-0.15, -0.1) is 0 Å². The molecule has 2 bridgehead atoms. The Morgan fingerprint density at radius 1 is 1.50 bits per heavy atom. The Morgan fingerprint density at radius 2 is 2.21 bits per heavy atom. The average molecular weight is 191 g/mol. The highest BCUT2D eigenvalue weighted by atomic mass is 16.2. The van der Waals surface area contributed by atoms with Gasteiger partial charge in [-0.2, -0.15) is 0 Å². The van der Waals surface area contributed by atoms with E-state index in [2.05, 4.69) is 17.9 Å². The van der Waals surface area contributed by atoms with Crippen molar-refractivity contribution in [2.75, 3.05) is 13.1 Å². The standard InChI is InChI=1S/C12H17NO/c1-9-2-4-13(5-3-9)11(14)12-6-10(7-12)8-12/h2,10H,3-8H2,1H3. The fourth-order valence-electron chi connectivity index (χ4n) is 3.03. The zero-order valence-corrected chi connectivity index (χ0v) is 8.75. The highest BCUT2D eigenvalue weighted by Gasteiger charge is 2.62. The SMILES string of the molecule is CC1=CCN(C(=O)C23CC(C2)C3)CC1. The molecule has 0 aromatic heterocycles. The molecule has 14 heavy (non-hydrogen) atoms. The van der Waals surface area contributed by atoms with Gasteiger partial charge in [0.05, 0.1) is 5.41 Å². The van der Waals surface area contributed by atoms with Gasteiger partial charge in [-0.1, -0.05) is 11.6 Å². The Hall–Kier alpha value is -0.790. The predicted molar refractivity (Wildman–Crippen MR) is 54.7 cm³/mol. The van der Waals surface area contributed by atoms with Crippen LogP contribution < -0.4 is 0 Å². The summed E-state index contributed by atoms with van der Waals surface area (Å²) in [7, 11) is 0. The van der Waals surface area contributed by atoms with E-state index in [0.717, 1.165) is 25.4 Å². The second kappa shape index (κ2) is 2.62. The van der Waals surface area contributed by atoms with E-state index in [9.17, 15) is 4.79 Å². The van der Waals surface area contributed by atoms with Crippen LogP contribution in [0.3, 0.4) is 0 Å². The van der Waals surface area contributed by atoms with Gasteiger partial charge in [0.25, 0.3) is 0 Å². The first kappa shape index (κ1) is 8.51. The first-order chi connectivity index (χ1) is 6.70.